The number of hydrogen-bond acceptors (Lipinski definition) is 6. The lowest BCUT2D eigenvalue weighted by molar-refractivity contribution is 0.592. The first kappa shape index (κ1) is 13.8. The fourth-order valence-electron chi connectivity index (χ4n) is 2.17. The Kier molecular flexibility index (Phi) is 3.29. The van der Waals surface area contributed by atoms with E-state index >= 15 is 0 Å². The number of aromatic nitrogens is 2. The van der Waals surface area contributed by atoms with Crippen LogP contribution in [0.2, 0.25) is 0 Å². The van der Waals surface area contributed by atoms with E-state index in [1.807, 2.05) is 0 Å². The molecule has 2 heterocycles. The zero-order valence-corrected chi connectivity index (χ0v) is 12.2. The van der Waals surface area contributed by atoms with Crippen molar-refractivity contribution in [2.24, 2.45) is 5.92 Å². The maximum atomic E-state index is 12.4. The highest BCUT2D eigenvalue weighted by atomic mass is 32.2. The van der Waals surface area contributed by atoms with Crippen LogP contribution >= 0.6 is 0 Å². The van der Waals surface area contributed by atoms with Crippen molar-refractivity contribution in [3.8, 4) is 11.1 Å². The molecular weight excluding hydrogens is 288 g/mol. The molecule has 0 atom stereocenters. The zero-order chi connectivity index (χ0) is 15.0. The van der Waals surface area contributed by atoms with Crippen LogP contribution in [0.5, 0.6) is 0 Å². The van der Waals surface area contributed by atoms with Gasteiger partial charge in [0.1, 0.15) is 16.5 Å². The van der Waals surface area contributed by atoms with Gasteiger partial charge < -0.3 is 11.5 Å². The van der Waals surface area contributed by atoms with Crippen molar-refractivity contribution in [1.82, 2.24) is 9.97 Å². The molecule has 7 heteroatoms. The quantitative estimate of drug-likeness (QED) is 0.885. The van der Waals surface area contributed by atoms with Gasteiger partial charge in [-0.3, -0.25) is 0 Å². The molecule has 0 bridgehead atoms. The number of nitrogens with zero attached hydrogens (tertiary/aromatic N) is 2. The van der Waals surface area contributed by atoms with Crippen LogP contribution in [0.15, 0.2) is 35.5 Å². The number of nitrogen functional groups attached to an aromatic ring is 2. The Hall–Kier alpha value is -2.15. The van der Waals surface area contributed by atoms with Crippen molar-refractivity contribution in [3.05, 3.63) is 30.6 Å². The van der Waals surface area contributed by atoms with Crippen molar-refractivity contribution in [2.45, 2.75) is 17.7 Å². The van der Waals surface area contributed by atoms with Crippen LogP contribution in [0, 0.1) is 5.92 Å². The molecule has 1 fully saturated rings. The molecule has 6 nitrogen and oxygen atoms in total. The first-order valence-electron chi connectivity index (χ1n) is 6.66. The molecule has 21 heavy (non-hydrogen) atoms. The summed E-state index contributed by atoms with van der Waals surface area (Å²) < 4.78 is 24.8. The first-order valence-corrected chi connectivity index (χ1v) is 8.31. The predicted octanol–water partition coefficient (Wildman–Crippen LogP) is 1.49. The summed E-state index contributed by atoms with van der Waals surface area (Å²) in [4.78, 5) is 8.03. The number of nitrogens with two attached hydrogens (primary N) is 2. The molecule has 0 unspecified atom stereocenters. The fourth-order valence-corrected chi connectivity index (χ4v) is 3.99. The van der Waals surface area contributed by atoms with Crippen molar-refractivity contribution in [1.29, 1.82) is 0 Å². The monoisotopic (exact) mass is 304 g/mol. The van der Waals surface area contributed by atoms with Gasteiger partial charge in [-0.1, -0.05) is 0 Å². The van der Waals surface area contributed by atoms with E-state index in [9.17, 15) is 8.42 Å². The van der Waals surface area contributed by atoms with Crippen molar-refractivity contribution in [2.75, 3.05) is 17.2 Å². The topological polar surface area (TPSA) is 112 Å². The van der Waals surface area contributed by atoms with Crippen molar-refractivity contribution in [3.63, 3.8) is 0 Å². The number of pyridine rings is 2. The van der Waals surface area contributed by atoms with E-state index in [1.54, 1.807) is 30.6 Å². The number of anilines is 2. The Morgan fingerprint density at radius 3 is 2.57 bits per heavy atom. The summed E-state index contributed by atoms with van der Waals surface area (Å²) in [6.07, 6.45) is 5.04. The summed E-state index contributed by atoms with van der Waals surface area (Å²) in [6.45, 7) is 0. The third-order valence-electron chi connectivity index (χ3n) is 3.48. The Morgan fingerprint density at radius 1 is 1.14 bits per heavy atom. The Morgan fingerprint density at radius 2 is 1.90 bits per heavy atom. The van der Waals surface area contributed by atoms with E-state index in [0.717, 1.165) is 18.4 Å². The Bertz CT molecular complexity index is 785. The molecule has 2 aromatic heterocycles. The van der Waals surface area contributed by atoms with Gasteiger partial charge in [-0.05, 0) is 42.5 Å². The van der Waals surface area contributed by atoms with Gasteiger partial charge >= 0.3 is 0 Å². The third-order valence-corrected chi connectivity index (χ3v) is 5.39. The van der Waals surface area contributed by atoms with Crippen LogP contribution in [0.4, 0.5) is 11.6 Å². The van der Waals surface area contributed by atoms with Gasteiger partial charge in [0.15, 0.2) is 9.84 Å². The molecule has 1 aliphatic rings. The molecule has 2 aromatic rings. The lowest BCUT2D eigenvalue weighted by Crippen LogP contribution is -2.12. The molecule has 0 saturated heterocycles. The fraction of sp³-hybridized carbons (Fsp3) is 0.286. The summed E-state index contributed by atoms with van der Waals surface area (Å²) in [5, 5.41) is 0. The number of rotatable bonds is 4. The summed E-state index contributed by atoms with van der Waals surface area (Å²) in [5.41, 5.74) is 12.8. The van der Waals surface area contributed by atoms with E-state index in [-0.39, 0.29) is 22.4 Å². The summed E-state index contributed by atoms with van der Waals surface area (Å²) in [5.74, 6) is 0.809. The standard InChI is InChI=1S/C14H16N4O2S/c15-13-6-10(3-4-17-13)11-5-12(14(16)18-7-11)21(19,20)8-9-1-2-9/h3-7,9H,1-2,8H2,(H2,15,17)(H2,16,18). The normalized spacial score (nSPS) is 15.0. The van der Waals surface area contributed by atoms with E-state index in [4.69, 9.17) is 11.5 Å². The van der Waals surface area contributed by atoms with Crippen molar-refractivity contribution < 1.29 is 8.42 Å². The Labute approximate surface area is 123 Å². The lowest BCUT2D eigenvalue weighted by Gasteiger charge is -2.09. The average Bonchev–Trinajstić information content (AvgIpc) is 3.22. The molecule has 0 aromatic carbocycles. The molecule has 1 aliphatic carbocycles. The molecule has 3 rings (SSSR count). The van der Waals surface area contributed by atoms with Gasteiger partial charge in [0.05, 0.1) is 5.75 Å². The molecule has 4 N–H and O–H groups in total. The van der Waals surface area contributed by atoms with E-state index in [2.05, 4.69) is 9.97 Å². The van der Waals surface area contributed by atoms with E-state index in [0.29, 0.717) is 11.4 Å². The van der Waals surface area contributed by atoms with Gasteiger partial charge in [-0.15, -0.1) is 0 Å². The third kappa shape index (κ3) is 2.97. The molecular formula is C14H16N4O2S. The van der Waals surface area contributed by atoms with Gasteiger partial charge in [0.2, 0.25) is 0 Å². The van der Waals surface area contributed by atoms with Gasteiger partial charge in [0.25, 0.3) is 0 Å². The molecule has 0 aliphatic heterocycles. The van der Waals surface area contributed by atoms with E-state index in [1.165, 1.54) is 0 Å². The second-order valence-electron chi connectivity index (χ2n) is 5.30. The van der Waals surface area contributed by atoms with Crippen LogP contribution in [-0.4, -0.2) is 24.1 Å². The highest BCUT2D eigenvalue weighted by Crippen LogP contribution is 2.34. The molecule has 110 valence electrons. The van der Waals surface area contributed by atoms with Crippen LogP contribution in [0.1, 0.15) is 12.8 Å². The Balaban J connectivity index is 2.03. The summed E-state index contributed by atoms with van der Waals surface area (Å²) in [7, 11) is -3.40. The lowest BCUT2D eigenvalue weighted by atomic mass is 10.1. The summed E-state index contributed by atoms with van der Waals surface area (Å²) >= 11 is 0. The van der Waals surface area contributed by atoms with Gasteiger partial charge in [-0.25, -0.2) is 18.4 Å². The van der Waals surface area contributed by atoms with Crippen LogP contribution < -0.4 is 11.5 Å². The molecule has 0 radical (unpaired) electrons. The van der Waals surface area contributed by atoms with E-state index < -0.39 is 9.84 Å². The van der Waals surface area contributed by atoms with Crippen molar-refractivity contribution >= 4 is 21.5 Å². The van der Waals surface area contributed by atoms with Gasteiger partial charge in [-0.2, -0.15) is 0 Å². The average molecular weight is 304 g/mol. The minimum Gasteiger partial charge on any atom is -0.384 e. The SMILES string of the molecule is Nc1cc(-c2cnc(N)c(S(=O)(=O)CC3CC3)c2)ccn1. The zero-order valence-electron chi connectivity index (χ0n) is 11.4. The number of hydrogen-bond donors (Lipinski definition) is 2. The van der Waals surface area contributed by atoms with Crippen LogP contribution in [0.3, 0.4) is 0 Å². The molecule has 0 spiro atoms. The smallest absolute Gasteiger partial charge is 0.182 e. The van der Waals surface area contributed by atoms with Gasteiger partial charge in [0, 0.05) is 18.0 Å². The predicted molar refractivity (Wildman–Crippen MR) is 81.1 cm³/mol. The van der Waals surface area contributed by atoms with Crippen LogP contribution in [-0.2, 0) is 9.84 Å². The minimum absolute atomic E-state index is 0.0430. The first-order chi connectivity index (χ1) is 9.95. The number of sulfone groups is 1. The molecule has 1 saturated carbocycles. The summed E-state index contributed by atoms with van der Waals surface area (Å²) in [6, 6.07) is 4.99. The van der Waals surface area contributed by atoms with Crippen LogP contribution in [0.25, 0.3) is 11.1 Å². The highest BCUT2D eigenvalue weighted by Gasteiger charge is 2.30. The molecule has 0 amide bonds. The largest absolute Gasteiger partial charge is 0.384 e. The second-order valence-corrected chi connectivity index (χ2v) is 7.30. The highest BCUT2D eigenvalue weighted by molar-refractivity contribution is 7.91. The maximum Gasteiger partial charge on any atom is 0.182 e. The second kappa shape index (κ2) is 5.00. The minimum atomic E-state index is -3.40. The maximum absolute atomic E-state index is 12.4.